The fraction of sp³-hybridized carbons (Fsp3) is 0.0667. The van der Waals surface area contributed by atoms with Crippen LogP contribution in [0, 0.1) is 27.7 Å². The van der Waals surface area contributed by atoms with E-state index in [2.05, 4.69) is 248 Å². The van der Waals surface area contributed by atoms with Gasteiger partial charge in [-0.25, -0.2) is 0 Å². The fourth-order valence-corrected chi connectivity index (χ4v) is 12.6. The zero-order valence-corrected chi connectivity index (χ0v) is 41.3. The van der Waals surface area contributed by atoms with Gasteiger partial charge in [-0.15, -0.1) is 0 Å². The number of rotatable bonds is 12. The van der Waals surface area contributed by atoms with E-state index < -0.39 is 0 Å². The lowest BCUT2D eigenvalue weighted by atomic mass is 9.89. The minimum atomic E-state index is 1.12. The summed E-state index contributed by atoms with van der Waals surface area (Å²) in [7, 11) is 0. The third-order valence-electron chi connectivity index (χ3n) is 13.3. The van der Waals surface area contributed by atoms with Crippen molar-refractivity contribution in [3.8, 4) is 0 Å². The van der Waals surface area contributed by atoms with Crippen molar-refractivity contribution in [3.05, 3.63) is 223 Å². The van der Waals surface area contributed by atoms with E-state index in [4.69, 9.17) is 0 Å². The number of hydrogen-bond acceptors (Lipinski definition) is 8. The summed E-state index contributed by atoms with van der Waals surface area (Å²) in [5.74, 6) is 0. The second-order valence-corrected chi connectivity index (χ2v) is 20.4. The fourth-order valence-electron chi connectivity index (χ4n) is 10.1. The monoisotopic (exact) mass is 950 g/mol. The van der Waals surface area contributed by atoms with Crippen LogP contribution < -0.4 is 19.6 Å². The maximum atomic E-state index is 2.49. The molecule has 4 nitrogen and oxygen atoms in total. The Labute approximate surface area is 413 Å². The molecule has 0 fully saturated rings. The van der Waals surface area contributed by atoms with Crippen LogP contribution in [-0.2, 0) is 0 Å². The number of para-hydroxylation sites is 4. The highest BCUT2D eigenvalue weighted by molar-refractivity contribution is 7.09. The molecule has 0 unspecified atom stereocenters. The van der Waals surface area contributed by atoms with Gasteiger partial charge in [0.1, 0.15) is 0 Å². The Bertz CT molecular complexity index is 3230. The van der Waals surface area contributed by atoms with Gasteiger partial charge in [0, 0.05) is 76.6 Å². The summed E-state index contributed by atoms with van der Waals surface area (Å²) in [5, 5.41) is 25.1. The van der Waals surface area contributed by atoms with Gasteiger partial charge in [0.15, 0.2) is 0 Å². The van der Waals surface area contributed by atoms with E-state index in [1.54, 1.807) is 45.3 Å². The second kappa shape index (κ2) is 17.5. The van der Waals surface area contributed by atoms with Crippen LogP contribution in [-0.4, -0.2) is 0 Å². The van der Waals surface area contributed by atoms with Crippen molar-refractivity contribution in [2.75, 3.05) is 19.6 Å². The summed E-state index contributed by atoms with van der Waals surface area (Å²) in [6.07, 6.45) is 0. The molecule has 0 radical (unpaired) electrons. The summed E-state index contributed by atoms with van der Waals surface area (Å²) in [5.41, 5.74) is 18.5. The quantitative estimate of drug-likeness (QED) is 0.113. The van der Waals surface area contributed by atoms with Crippen molar-refractivity contribution in [2.45, 2.75) is 27.7 Å². The molecular weight excluding hydrogens is 905 g/mol. The molecular formula is C60H46N4S4. The molecule has 330 valence electrons. The van der Waals surface area contributed by atoms with Crippen LogP contribution >= 0.6 is 45.3 Å². The van der Waals surface area contributed by atoms with Crippen LogP contribution in [0.15, 0.2) is 201 Å². The zero-order valence-electron chi connectivity index (χ0n) is 38.1. The average Bonchev–Trinajstić information content (AvgIpc) is 4.23. The van der Waals surface area contributed by atoms with Gasteiger partial charge in [0.25, 0.3) is 0 Å². The smallest absolute Gasteiger partial charge is 0.0568 e. The van der Waals surface area contributed by atoms with Crippen molar-refractivity contribution in [2.24, 2.45) is 0 Å². The van der Waals surface area contributed by atoms with Gasteiger partial charge in [0.05, 0.1) is 45.5 Å². The van der Waals surface area contributed by atoms with Gasteiger partial charge >= 0.3 is 0 Å². The number of thiophene rings is 4. The molecule has 0 N–H and O–H groups in total. The van der Waals surface area contributed by atoms with E-state index in [0.29, 0.717) is 0 Å². The lowest BCUT2D eigenvalue weighted by Gasteiger charge is -2.34. The number of nitrogens with zero attached hydrogens (tertiary/aromatic N) is 4. The van der Waals surface area contributed by atoms with Gasteiger partial charge in [-0.3, -0.25) is 0 Å². The van der Waals surface area contributed by atoms with Crippen molar-refractivity contribution in [3.63, 3.8) is 0 Å². The largest absolute Gasteiger partial charge is 0.309 e. The highest BCUT2D eigenvalue weighted by atomic mass is 32.1. The molecule has 0 saturated heterocycles. The molecule has 0 amide bonds. The average molecular weight is 951 g/mol. The normalized spacial score (nSPS) is 11.5. The van der Waals surface area contributed by atoms with E-state index in [9.17, 15) is 0 Å². The standard InChI is InChI=1S/C60H46N4S4/c1-39-13-5-9-17-51(39)61(43-25-29-65-35-43)55-33-56(62(44-26-30-66-36-44)52-18-10-6-14-40(52)2)48-23-24-50-58(64(46-28-32-68-38-46)54-20-12-8-16-42(54)4)34-57(49-22-21-47(55)59(48)60(49)50)63(45-27-31-67-37-45)53-19-11-7-15-41(53)3/h5-38H,1-4H3. The van der Waals surface area contributed by atoms with Gasteiger partial charge in [-0.1, -0.05) is 97.1 Å². The Morgan fingerprint density at radius 1 is 0.265 bits per heavy atom. The molecule has 12 aromatic rings. The number of hydrogen-bond donors (Lipinski definition) is 0. The summed E-state index contributed by atoms with van der Waals surface area (Å²) >= 11 is 6.92. The molecule has 0 aliphatic heterocycles. The van der Waals surface area contributed by atoms with Gasteiger partial charge in [-0.2, -0.15) is 45.3 Å². The van der Waals surface area contributed by atoms with Crippen LogP contribution in [0.5, 0.6) is 0 Å². The predicted molar refractivity (Wildman–Crippen MR) is 299 cm³/mol. The van der Waals surface area contributed by atoms with Crippen LogP contribution in [0.1, 0.15) is 22.3 Å². The van der Waals surface area contributed by atoms with Crippen molar-refractivity contribution < 1.29 is 0 Å². The summed E-state index contributed by atoms with van der Waals surface area (Å²) in [4.78, 5) is 9.96. The Balaban J connectivity index is 1.29. The third kappa shape index (κ3) is 7.06. The summed E-state index contributed by atoms with van der Waals surface area (Å²) in [6, 6.07) is 58.7. The number of anilines is 12. The van der Waals surface area contributed by atoms with Crippen LogP contribution in [0.2, 0.25) is 0 Å². The van der Waals surface area contributed by atoms with Gasteiger partial charge in [0.2, 0.25) is 0 Å². The van der Waals surface area contributed by atoms with E-state index in [1.165, 1.54) is 54.6 Å². The first kappa shape index (κ1) is 42.2. The second-order valence-electron chi connectivity index (χ2n) is 17.3. The summed E-state index contributed by atoms with van der Waals surface area (Å²) in [6.45, 7) is 8.91. The highest BCUT2D eigenvalue weighted by Crippen LogP contribution is 2.56. The lowest BCUT2D eigenvalue weighted by Crippen LogP contribution is -2.16. The Kier molecular flexibility index (Phi) is 10.8. The van der Waals surface area contributed by atoms with E-state index in [-0.39, 0.29) is 0 Å². The van der Waals surface area contributed by atoms with Crippen LogP contribution in [0.4, 0.5) is 68.2 Å². The Morgan fingerprint density at radius 3 is 0.706 bits per heavy atom. The van der Waals surface area contributed by atoms with E-state index >= 15 is 0 Å². The first-order chi connectivity index (χ1) is 33.4. The van der Waals surface area contributed by atoms with Crippen LogP contribution in [0.3, 0.4) is 0 Å². The Morgan fingerprint density at radius 2 is 0.500 bits per heavy atom. The molecule has 4 heterocycles. The number of benzene rings is 8. The van der Waals surface area contributed by atoms with E-state index in [1.807, 2.05) is 0 Å². The molecule has 0 saturated carbocycles. The van der Waals surface area contributed by atoms with Crippen molar-refractivity contribution in [1.29, 1.82) is 0 Å². The summed E-state index contributed by atoms with van der Waals surface area (Å²) < 4.78 is 0. The maximum absolute atomic E-state index is 2.49. The Hall–Kier alpha value is -7.20. The van der Waals surface area contributed by atoms with Gasteiger partial charge < -0.3 is 19.6 Å². The molecule has 8 aromatic carbocycles. The molecule has 12 rings (SSSR count). The van der Waals surface area contributed by atoms with Gasteiger partial charge in [-0.05, 0) is 132 Å². The SMILES string of the molecule is Cc1ccccc1N(c1ccsc1)c1cc(N(c2ccsc2)c2ccccc2C)c2ccc3c(N(c4ccsc4)c4ccccc4C)cc(N(c4ccsc4)c4ccccc4C)c4ccc1c2c43. The molecule has 0 aliphatic rings. The molecule has 0 bridgehead atoms. The zero-order chi connectivity index (χ0) is 45.9. The first-order valence-corrected chi connectivity index (χ1v) is 26.5. The minimum Gasteiger partial charge on any atom is -0.309 e. The third-order valence-corrected chi connectivity index (χ3v) is 15.9. The van der Waals surface area contributed by atoms with Crippen molar-refractivity contribution >= 4 is 146 Å². The molecule has 0 spiro atoms. The minimum absolute atomic E-state index is 1.12. The molecule has 0 atom stereocenters. The van der Waals surface area contributed by atoms with Crippen molar-refractivity contribution in [1.82, 2.24) is 0 Å². The molecule has 8 heteroatoms. The maximum Gasteiger partial charge on any atom is 0.0568 e. The lowest BCUT2D eigenvalue weighted by molar-refractivity contribution is 1.24. The highest BCUT2D eigenvalue weighted by Gasteiger charge is 2.30. The molecule has 4 aromatic heterocycles. The van der Waals surface area contributed by atoms with E-state index in [0.717, 1.165) is 68.2 Å². The molecule has 0 aliphatic carbocycles. The first-order valence-electron chi connectivity index (χ1n) is 22.7. The van der Waals surface area contributed by atoms with Crippen LogP contribution in [0.25, 0.3) is 32.3 Å². The predicted octanol–water partition coefficient (Wildman–Crippen LogP) is 19.9. The number of aryl methyl sites for hydroxylation is 4. The topological polar surface area (TPSA) is 13.0 Å². The molecule has 68 heavy (non-hydrogen) atoms.